The molecule has 0 saturated heterocycles. The van der Waals surface area contributed by atoms with E-state index in [0.717, 1.165) is 0 Å². The van der Waals surface area contributed by atoms with Gasteiger partial charge in [0.05, 0.1) is 0 Å². The van der Waals surface area contributed by atoms with Crippen molar-refractivity contribution >= 4 is 23.5 Å². The fourth-order valence-electron chi connectivity index (χ4n) is 1.90. The summed E-state index contributed by atoms with van der Waals surface area (Å²) in [6.45, 7) is 3.63. The van der Waals surface area contributed by atoms with Gasteiger partial charge in [-0.15, -0.1) is 0 Å². The number of carbonyl (C=O) groups is 3. The third kappa shape index (κ3) is 5.95. The second kappa shape index (κ2) is 8.81. The summed E-state index contributed by atoms with van der Waals surface area (Å²) in [6.07, 6.45) is 0.609. The number of para-hydroxylation sites is 1. The van der Waals surface area contributed by atoms with Crippen LogP contribution in [-0.4, -0.2) is 28.9 Å². The van der Waals surface area contributed by atoms with Crippen molar-refractivity contribution in [3.05, 3.63) is 30.3 Å². The Morgan fingerprint density at radius 2 is 1.68 bits per heavy atom. The van der Waals surface area contributed by atoms with E-state index in [9.17, 15) is 14.4 Å². The second-order valence-corrected chi connectivity index (χ2v) is 5.18. The Labute approximate surface area is 129 Å². The van der Waals surface area contributed by atoms with Crippen LogP contribution in [0.2, 0.25) is 0 Å². The third-order valence-corrected chi connectivity index (χ3v) is 3.43. The Morgan fingerprint density at radius 1 is 1.09 bits per heavy atom. The van der Waals surface area contributed by atoms with Crippen molar-refractivity contribution in [1.29, 1.82) is 0 Å². The first-order valence-electron chi connectivity index (χ1n) is 7.31. The second-order valence-electron chi connectivity index (χ2n) is 5.18. The number of benzene rings is 1. The number of amides is 2. The van der Waals surface area contributed by atoms with Crippen molar-refractivity contribution in [2.75, 3.05) is 5.32 Å². The highest BCUT2D eigenvalue weighted by Gasteiger charge is 2.25. The maximum absolute atomic E-state index is 11.8. The third-order valence-electron chi connectivity index (χ3n) is 3.43. The molecule has 0 bridgehead atoms. The van der Waals surface area contributed by atoms with Crippen molar-refractivity contribution < 1.29 is 19.5 Å². The van der Waals surface area contributed by atoms with Gasteiger partial charge >= 0.3 is 5.97 Å². The summed E-state index contributed by atoms with van der Waals surface area (Å²) in [7, 11) is 0. The number of rotatable bonds is 8. The van der Waals surface area contributed by atoms with Gasteiger partial charge in [0.25, 0.3) is 0 Å². The van der Waals surface area contributed by atoms with Crippen LogP contribution in [0.3, 0.4) is 0 Å². The van der Waals surface area contributed by atoms with Gasteiger partial charge in [-0.2, -0.15) is 0 Å². The zero-order valence-electron chi connectivity index (χ0n) is 12.8. The monoisotopic (exact) mass is 306 g/mol. The van der Waals surface area contributed by atoms with Crippen LogP contribution in [0, 0.1) is 5.92 Å². The van der Waals surface area contributed by atoms with Crippen LogP contribution >= 0.6 is 0 Å². The van der Waals surface area contributed by atoms with E-state index in [4.69, 9.17) is 5.11 Å². The normalized spacial score (nSPS) is 13.0. The van der Waals surface area contributed by atoms with Crippen LogP contribution in [-0.2, 0) is 14.4 Å². The molecule has 2 amide bonds. The summed E-state index contributed by atoms with van der Waals surface area (Å²) >= 11 is 0. The molecule has 0 aliphatic rings. The molecular formula is C16H22N2O4. The number of carboxylic acid groups (broad SMARTS) is 1. The molecule has 0 saturated carbocycles. The molecule has 0 spiro atoms. The van der Waals surface area contributed by atoms with Gasteiger partial charge in [-0.3, -0.25) is 9.59 Å². The van der Waals surface area contributed by atoms with E-state index in [1.807, 2.05) is 13.0 Å². The average Bonchev–Trinajstić information content (AvgIpc) is 2.50. The molecule has 6 nitrogen and oxygen atoms in total. The summed E-state index contributed by atoms with van der Waals surface area (Å²) < 4.78 is 0. The number of aliphatic carboxylic acids is 1. The number of nitrogens with one attached hydrogen (secondary N) is 2. The van der Waals surface area contributed by atoms with Crippen molar-refractivity contribution in [2.45, 2.75) is 39.2 Å². The van der Waals surface area contributed by atoms with Gasteiger partial charge in [-0.05, 0) is 18.1 Å². The van der Waals surface area contributed by atoms with Crippen LogP contribution in [0.25, 0.3) is 0 Å². The molecule has 0 aliphatic carbocycles. The number of hydrogen-bond donors (Lipinski definition) is 3. The summed E-state index contributed by atoms with van der Waals surface area (Å²) in [6, 6.07) is 8.01. The SMILES string of the molecule is CCC(C)C(NC(=O)CCC(=O)Nc1ccccc1)C(=O)O. The molecular weight excluding hydrogens is 284 g/mol. The minimum Gasteiger partial charge on any atom is -0.480 e. The molecule has 0 aliphatic heterocycles. The lowest BCUT2D eigenvalue weighted by Crippen LogP contribution is -2.45. The topological polar surface area (TPSA) is 95.5 Å². The summed E-state index contributed by atoms with van der Waals surface area (Å²) in [5.41, 5.74) is 0.663. The Morgan fingerprint density at radius 3 is 2.23 bits per heavy atom. The van der Waals surface area contributed by atoms with E-state index in [-0.39, 0.29) is 24.7 Å². The van der Waals surface area contributed by atoms with E-state index >= 15 is 0 Å². The zero-order valence-corrected chi connectivity index (χ0v) is 12.8. The molecule has 22 heavy (non-hydrogen) atoms. The van der Waals surface area contributed by atoms with Gasteiger partial charge in [0.2, 0.25) is 11.8 Å². The van der Waals surface area contributed by atoms with Crippen LogP contribution in [0.4, 0.5) is 5.69 Å². The average molecular weight is 306 g/mol. The molecule has 2 unspecified atom stereocenters. The number of carbonyl (C=O) groups excluding carboxylic acids is 2. The number of anilines is 1. The highest BCUT2D eigenvalue weighted by molar-refractivity contribution is 5.93. The minimum absolute atomic E-state index is 0.00751. The van der Waals surface area contributed by atoms with Crippen molar-refractivity contribution in [3.8, 4) is 0 Å². The maximum Gasteiger partial charge on any atom is 0.326 e. The predicted molar refractivity (Wildman–Crippen MR) is 83.3 cm³/mol. The molecule has 2 atom stereocenters. The fraction of sp³-hybridized carbons (Fsp3) is 0.438. The van der Waals surface area contributed by atoms with Crippen molar-refractivity contribution in [2.24, 2.45) is 5.92 Å². The molecule has 1 aromatic rings. The van der Waals surface area contributed by atoms with Crippen LogP contribution in [0.15, 0.2) is 30.3 Å². The lowest BCUT2D eigenvalue weighted by Gasteiger charge is -2.20. The molecule has 0 radical (unpaired) electrons. The Hall–Kier alpha value is -2.37. The molecule has 6 heteroatoms. The van der Waals surface area contributed by atoms with E-state index < -0.39 is 17.9 Å². The van der Waals surface area contributed by atoms with Crippen LogP contribution in [0.5, 0.6) is 0 Å². The summed E-state index contributed by atoms with van der Waals surface area (Å²) in [5.74, 6) is -1.94. The highest BCUT2D eigenvalue weighted by atomic mass is 16.4. The first kappa shape index (κ1) is 17.7. The Kier molecular flexibility index (Phi) is 7.08. The number of hydrogen-bond acceptors (Lipinski definition) is 3. The van der Waals surface area contributed by atoms with E-state index in [2.05, 4.69) is 10.6 Å². The maximum atomic E-state index is 11.8. The lowest BCUT2D eigenvalue weighted by molar-refractivity contribution is -0.143. The van der Waals surface area contributed by atoms with Gasteiger partial charge in [0.15, 0.2) is 0 Å². The Balaban J connectivity index is 2.41. The molecule has 0 aromatic heterocycles. The highest BCUT2D eigenvalue weighted by Crippen LogP contribution is 2.09. The first-order chi connectivity index (χ1) is 10.4. The number of carboxylic acids is 1. The van der Waals surface area contributed by atoms with Crippen molar-refractivity contribution in [1.82, 2.24) is 5.32 Å². The summed E-state index contributed by atoms with van der Waals surface area (Å²) in [5, 5.41) is 14.2. The van der Waals surface area contributed by atoms with E-state index in [1.165, 1.54) is 0 Å². The van der Waals surface area contributed by atoms with Gasteiger partial charge in [0.1, 0.15) is 6.04 Å². The smallest absolute Gasteiger partial charge is 0.326 e. The summed E-state index contributed by atoms with van der Waals surface area (Å²) in [4.78, 5) is 34.6. The Bertz CT molecular complexity index is 516. The van der Waals surface area contributed by atoms with Crippen LogP contribution < -0.4 is 10.6 Å². The molecule has 3 N–H and O–H groups in total. The van der Waals surface area contributed by atoms with Crippen molar-refractivity contribution in [3.63, 3.8) is 0 Å². The van der Waals surface area contributed by atoms with Crippen LogP contribution in [0.1, 0.15) is 33.1 Å². The largest absolute Gasteiger partial charge is 0.480 e. The molecule has 1 aromatic carbocycles. The first-order valence-corrected chi connectivity index (χ1v) is 7.31. The van der Waals surface area contributed by atoms with Gasteiger partial charge in [0, 0.05) is 18.5 Å². The molecule has 0 heterocycles. The molecule has 0 fully saturated rings. The standard InChI is InChI=1S/C16H22N2O4/c1-3-11(2)15(16(21)22)18-14(20)10-9-13(19)17-12-7-5-4-6-8-12/h4-8,11,15H,3,9-10H2,1-2H3,(H,17,19)(H,18,20)(H,21,22). The lowest BCUT2D eigenvalue weighted by atomic mass is 9.99. The molecule has 1 rings (SSSR count). The fourth-order valence-corrected chi connectivity index (χ4v) is 1.90. The van der Waals surface area contributed by atoms with E-state index in [0.29, 0.717) is 12.1 Å². The predicted octanol–water partition coefficient (Wildman–Crippen LogP) is 2.02. The van der Waals surface area contributed by atoms with E-state index in [1.54, 1.807) is 31.2 Å². The van der Waals surface area contributed by atoms with Gasteiger partial charge in [-0.25, -0.2) is 4.79 Å². The quantitative estimate of drug-likeness (QED) is 0.684. The van der Waals surface area contributed by atoms with Gasteiger partial charge < -0.3 is 15.7 Å². The van der Waals surface area contributed by atoms with Gasteiger partial charge in [-0.1, -0.05) is 38.5 Å². The zero-order chi connectivity index (χ0) is 16.5. The minimum atomic E-state index is -1.06. The molecule has 120 valence electrons.